The lowest BCUT2D eigenvalue weighted by Crippen LogP contribution is -2.30. The summed E-state index contributed by atoms with van der Waals surface area (Å²) in [6.07, 6.45) is 6.69. The molecule has 0 bridgehead atoms. The first-order chi connectivity index (χ1) is 15.2. The van der Waals surface area contributed by atoms with E-state index in [2.05, 4.69) is 20.1 Å². The molecule has 2 saturated carbocycles. The molecule has 1 amide bonds. The van der Waals surface area contributed by atoms with E-state index in [4.69, 9.17) is 11.6 Å². The van der Waals surface area contributed by atoms with Crippen LogP contribution in [0, 0.1) is 0 Å². The Morgan fingerprint density at radius 2 is 1.71 bits per heavy atom. The van der Waals surface area contributed by atoms with Crippen LogP contribution in [0.5, 0.6) is 0 Å². The highest BCUT2D eigenvalue weighted by Gasteiger charge is 2.32. The molecular weight excluding hydrogens is 428 g/mol. The van der Waals surface area contributed by atoms with Crippen LogP contribution in [0.15, 0.2) is 59.8 Å². The molecule has 5 rings (SSSR count). The number of carbonyl (C=O) groups is 1. The Hall–Kier alpha value is -2.31. The third-order valence-electron chi connectivity index (χ3n) is 5.96. The van der Waals surface area contributed by atoms with Crippen LogP contribution in [0.25, 0.3) is 11.4 Å². The third kappa shape index (κ3) is 4.51. The molecule has 1 atom stereocenters. The van der Waals surface area contributed by atoms with Crippen LogP contribution in [0.2, 0.25) is 5.02 Å². The van der Waals surface area contributed by atoms with Crippen LogP contribution in [-0.4, -0.2) is 26.7 Å². The van der Waals surface area contributed by atoms with Gasteiger partial charge in [0.1, 0.15) is 5.25 Å². The molecule has 0 spiro atoms. The van der Waals surface area contributed by atoms with E-state index in [9.17, 15) is 4.79 Å². The molecule has 0 radical (unpaired) electrons. The van der Waals surface area contributed by atoms with Crippen molar-refractivity contribution in [2.75, 3.05) is 0 Å². The van der Waals surface area contributed by atoms with Gasteiger partial charge in [-0.2, -0.15) is 0 Å². The molecular formula is C24H25ClN4OS. The maximum atomic E-state index is 13.2. The fourth-order valence-corrected chi connectivity index (χ4v) is 5.52. The molecule has 5 nitrogen and oxygen atoms in total. The van der Waals surface area contributed by atoms with E-state index >= 15 is 0 Å². The standard InChI is InChI=1S/C24H25ClN4OS/c25-20-13-7-6-12-19(20)22-27-28-24(29(22)18-10-4-5-11-18)31-21(16-8-2-1-3-9-16)23(30)26-17-14-15-17/h1-3,6-9,12-13,17-18,21H,4-5,10-11,14-15H2,(H,26,30). The van der Waals surface area contributed by atoms with E-state index in [1.165, 1.54) is 24.6 Å². The number of hydrogen-bond acceptors (Lipinski definition) is 4. The van der Waals surface area contributed by atoms with Crippen LogP contribution in [0.4, 0.5) is 0 Å². The van der Waals surface area contributed by atoms with Gasteiger partial charge in [0.25, 0.3) is 0 Å². The largest absolute Gasteiger partial charge is 0.352 e. The van der Waals surface area contributed by atoms with E-state index < -0.39 is 0 Å². The highest BCUT2D eigenvalue weighted by atomic mass is 35.5. The Kier molecular flexibility index (Phi) is 6.01. The monoisotopic (exact) mass is 452 g/mol. The van der Waals surface area contributed by atoms with E-state index in [1.807, 2.05) is 54.6 Å². The molecule has 1 unspecified atom stereocenters. The molecule has 1 heterocycles. The molecule has 160 valence electrons. The quantitative estimate of drug-likeness (QED) is 0.458. The van der Waals surface area contributed by atoms with Gasteiger partial charge in [-0.3, -0.25) is 9.36 Å². The molecule has 1 aromatic heterocycles. The van der Waals surface area contributed by atoms with Crippen molar-refractivity contribution in [3.8, 4) is 11.4 Å². The van der Waals surface area contributed by atoms with Crippen molar-refractivity contribution in [3.63, 3.8) is 0 Å². The van der Waals surface area contributed by atoms with Crippen molar-refractivity contribution < 1.29 is 4.79 Å². The highest BCUT2D eigenvalue weighted by Crippen LogP contribution is 2.42. The lowest BCUT2D eigenvalue weighted by Gasteiger charge is -2.20. The zero-order valence-electron chi connectivity index (χ0n) is 17.2. The number of carbonyl (C=O) groups excluding carboxylic acids is 1. The molecule has 2 fully saturated rings. The molecule has 2 aliphatic rings. The fourth-order valence-electron chi connectivity index (χ4n) is 4.19. The van der Waals surface area contributed by atoms with Crippen LogP contribution in [-0.2, 0) is 4.79 Å². The summed E-state index contributed by atoms with van der Waals surface area (Å²) < 4.78 is 2.22. The summed E-state index contributed by atoms with van der Waals surface area (Å²) in [5.74, 6) is 0.827. The van der Waals surface area contributed by atoms with Gasteiger partial charge < -0.3 is 5.32 Å². The van der Waals surface area contributed by atoms with Crippen molar-refractivity contribution in [1.82, 2.24) is 20.1 Å². The minimum atomic E-state index is -0.370. The lowest BCUT2D eigenvalue weighted by atomic mass is 10.1. The smallest absolute Gasteiger partial charge is 0.238 e. The number of thioether (sulfide) groups is 1. The number of hydrogen-bond donors (Lipinski definition) is 1. The van der Waals surface area contributed by atoms with Crippen molar-refractivity contribution in [2.24, 2.45) is 0 Å². The number of nitrogens with zero attached hydrogens (tertiary/aromatic N) is 3. The second-order valence-electron chi connectivity index (χ2n) is 8.29. The zero-order chi connectivity index (χ0) is 21.2. The van der Waals surface area contributed by atoms with Crippen LogP contribution < -0.4 is 5.32 Å². The van der Waals surface area contributed by atoms with E-state index in [1.54, 1.807) is 0 Å². The summed E-state index contributed by atoms with van der Waals surface area (Å²) in [6, 6.07) is 18.3. The summed E-state index contributed by atoms with van der Waals surface area (Å²) in [4.78, 5) is 13.2. The van der Waals surface area contributed by atoms with Crippen molar-refractivity contribution in [1.29, 1.82) is 0 Å². The molecule has 1 N–H and O–H groups in total. The Bertz CT molecular complexity index is 1060. The number of aromatic nitrogens is 3. The van der Waals surface area contributed by atoms with E-state index in [-0.39, 0.29) is 11.2 Å². The fraction of sp³-hybridized carbons (Fsp3) is 0.375. The first kappa shape index (κ1) is 20.6. The minimum Gasteiger partial charge on any atom is -0.352 e. The van der Waals surface area contributed by atoms with Crippen molar-refractivity contribution in [3.05, 3.63) is 65.2 Å². The molecule has 0 saturated heterocycles. The summed E-state index contributed by atoms with van der Waals surface area (Å²) in [5.41, 5.74) is 1.86. The molecule has 7 heteroatoms. The average Bonchev–Trinajstić information content (AvgIpc) is 3.26. The Balaban J connectivity index is 1.53. The normalized spacial score (nSPS) is 17.6. The molecule has 2 aliphatic carbocycles. The first-order valence-corrected chi connectivity index (χ1v) is 12.2. The Morgan fingerprint density at radius 1 is 1.00 bits per heavy atom. The second-order valence-corrected chi connectivity index (χ2v) is 9.77. The van der Waals surface area contributed by atoms with Crippen LogP contribution >= 0.6 is 23.4 Å². The third-order valence-corrected chi connectivity index (χ3v) is 7.50. The molecule has 31 heavy (non-hydrogen) atoms. The predicted octanol–water partition coefficient (Wildman–Crippen LogP) is 5.83. The van der Waals surface area contributed by atoms with Gasteiger partial charge >= 0.3 is 0 Å². The van der Waals surface area contributed by atoms with Gasteiger partial charge in [0.15, 0.2) is 11.0 Å². The Morgan fingerprint density at radius 3 is 2.42 bits per heavy atom. The number of nitrogens with one attached hydrogen (secondary N) is 1. The number of halogens is 1. The lowest BCUT2D eigenvalue weighted by molar-refractivity contribution is -0.120. The number of benzene rings is 2. The van der Waals surface area contributed by atoms with Crippen molar-refractivity contribution >= 4 is 29.3 Å². The minimum absolute atomic E-state index is 0.0407. The van der Waals surface area contributed by atoms with E-state index in [0.29, 0.717) is 17.1 Å². The summed E-state index contributed by atoms with van der Waals surface area (Å²) in [7, 11) is 0. The van der Waals surface area contributed by atoms with Gasteiger partial charge in [-0.15, -0.1) is 10.2 Å². The highest BCUT2D eigenvalue weighted by molar-refractivity contribution is 8.00. The SMILES string of the molecule is O=C(NC1CC1)C(Sc1nnc(-c2ccccc2Cl)n1C1CCCC1)c1ccccc1. The summed E-state index contributed by atoms with van der Waals surface area (Å²) >= 11 is 8.00. The van der Waals surface area contributed by atoms with Gasteiger partial charge in [0, 0.05) is 17.6 Å². The summed E-state index contributed by atoms with van der Waals surface area (Å²) in [5, 5.41) is 13.3. The zero-order valence-corrected chi connectivity index (χ0v) is 18.8. The van der Waals surface area contributed by atoms with Gasteiger partial charge in [-0.05, 0) is 43.4 Å². The number of rotatable bonds is 7. The maximum absolute atomic E-state index is 13.2. The predicted molar refractivity (Wildman–Crippen MR) is 124 cm³/mol. The summed E-state index contributed by atoms with van der Waals surface area (Å²) in [6.45, 7) is 0. The Labute approximate surface area is 191 Å². The molecule has 2 aromatic carbocycles. The molecule has 0 aliphatic heterocycles. The first-order valence-electron chi connectivity index (χ1n) is 10.9. The van der Waals surface area contributed by atoms with Crippen molar-refractivity contribution in [2.45, 2.75) is 61.0 Å². The van der Waals surface area contributed by atoms with E-state index in [0.717, 1.165) is 47.8 Å². The average molecular weight is 453 g/mol. The van der Waals surface area contributed by atoms with Gasteiger partial charge in [-0.25, -0.2) is 0 Å². The van der Waals surface area contributed by atoms with Crippen LogP contribution in [0.3, 0.4) is 0 Å². The topological polar surface area (TPSA) is 59.8 Å². The van der Waals surface area contributed by atoms with Gasteiger partial charge in [0.2, 0.25) is 5.91 Å². The number of amides is 1. The molecule has 3 aromatic rings. The van der Waals surface area contributed by atoms with Gasteiger partial charge in [-0.1, -0.05) is 78.7 Å². The maximum Gasteiger partial charge on any atom is 0.238 e. The van der Waals surface area contributed by atoms with Crippen LogP contribution in [0.1, 0.15) is 55.4 Å². The van der Waals surface area contributed by atoms with Gasteiger partial charge in [0.05, 0.1) is 5.02 Å². The second kappa shape index (κ2) is 9.05.